The molecule has 1 aliphatic carbocycles. The van der Waals surface area contributed by atoms with Crippen molar-refractivity contribution in [1.82, 2.24) is 4.98 Å². The smallest absolute Gasteiger partial charge is 0.214 e. The van der Waals surface area contributed by atoms with E-state index >= 15 is 0 Å². The maximum Gasteiger partial charge on any atom is 0.214 e. The molecule has 3 heteroatoms. The van der Waals surface area contributed by atoms with E-state index in [4.69, 9.17) is 0 Å². The molecule has 0 amide bonds. The second-order valence-electron chi connectivity index (χ2n) is 3.88. The summed E-state index contributed by atoms with van der Waals surface area (Å²) in [5.74, 6) is 1.02. The summed E-state index contributed by atoms with van der Waals surface area (Å²) in [7, 11) is 0. The predicted octanol–water partition coefficient (Wildman–Crippen LogP) is 2.82. The number of pyridine rings is 1. The molecule has 1 N–H and O–H groups in total. The lowest BCUT2D eigenvalue weighted by Gasteiger charge is -2.03. The normalized spacial score (nSPS) is 24.7. The van der Waals surface area contributed by atoms with Crippen molar-refractivity contribution in [1.29, 1.82) is 0 Å². The average molecular weight is 194 g/mol. The molecule has 0 saturated heterocycles. The Labute approximate surface area is 83.6 Å². The molecule has 0 aromatic carbocycles. The zero-order valence-electron chi connectivity index (χ0n) is 8.33. The number of hydrogen-bond acceptors (Lipinski definition) is 2. The first-order valence-corrected chi connectivity index (χ1v) is 5.18. The molecule has 2 atom stereocenters. The maximum absolute atomic E-state index is 12.7. The van der Waals surface area contributed by atoms with Gasteiger partial charge in [-0.1, -0.05) is 19.4 Å². The van der Waals surface area contributed by atoms with Crippen LogP contribution in [0.1, 0.15) is 26.2 Å². The first kappa shape index (κ1) is 9.44. The Morgan fingerprint density at radius 1 is 1.57 bits per heavy atom. The molecule has 2 nitrogen and oxygen atoms in total. The molecular weight excluding hydrogens is 179 g/mol. The van der Waals surface area contributed by atoms with Crippen LogP contribution in [0.15, 0.2) is 18.2 Å². The molecule has 0 bridgehead atoms. The summed E-state index contributed by atoms with van der Waals surface area (Å²) in [6.45, 7) is 2.19. The van der Waals surface area contributed by atoms with Gasteiger partial charge in [-0.05, 0) is 30.9 Å². The third-order valence-corrected chi connectivity index (χ3v) is 2.63. The van der Waals surface area contributed by atoms with E-state index in [1.165, 1.54) is 25.3 Å². The molecule has 1 saturated carbocycles. The fourth-order valence-corrected chi connectivity index (χ4v) is 1.79. The summed E-state index contributed by atoms with van der Waals surface area (Å²) in [6, 6.07) is 5.37. The first-order chi connectivity index (χ1) is 6.79. The Morgan fingerprint density at radius 3 is 3.14 bits per heavy atom. The molecule has 1 aromatic rings. The van der Waals surface area contributed by atoms with Gasteiger partial charge >= 0.3 is 0 Å². The molecular formula is C11H15FN2. The molecule has 1 aromatic heterocycles. The van der Waals surface area contributed by atoms with E-state index < -0.39 is 5.95 Å². The zero-order valence-corrected chi connectivity index (χ0v) is 8.33. The van der Waals surface area contributed by atoms with Gasteiger partial charge in [-0.3, -0.25) is 0 Å². The van der Waals surface area contributed by atoms with Gasteiger partial charge in [0, 0.05) is 6.04 Å². The Morgan fingerprint density at radius 2 is 2.43 bits per heavy atom. The van der Waals surface area contributed by atoms with E-state index in [0.717, 1.165) is 5.92 Å². The standard InChI is InChI=1S/C11H15FN2/c1-2-4-8-7-9(8)13-11-6-3-5-10(12)14-11/h3,5-6,8-9H,2,4,7H2,1H3,(H,13,14). The van der Waals surface area contributed by atoms with Crippen molar-refractivity contribution >= 4 is 5.82 Å². The lowest BCUT2D eigenvalue weighted by atomic mass is 10.2. The number of nitrogens with zero attached hydrogens (tertiary/aromatic N) is 1. The SMILES string of the molecule is CCCC1CC1Nc1cccc(F)n1. The third-order valence-electron chi connectivity index (χ3n) is 2.63. The van der Waals surface area contributed by atoms with Gasteiger partial charge in [-0.15, -0.1) is 0 Å². The minimum absolute atomic E-state index is 0.414. The maximum atomic E-state index is 12.7. The minimum Gasteiger partial charge on any atom is -0.367 e. The van der Waals surface area contributed by atoms with Crippen molar-refractivity contribution in [2.45, 2.75) is 32.2 Å². The summed E-state index contributed by atoms with van der Waals surface area (Å²) in [6.07, 6.45) is 3.68. The molecule has 2 rings (SSSR count). The van der Waals surface area contributed by atoms with E-state index in [9.17, 15) is 4.39 Å². The van der Waals surface area contributed by atoms with E-state index in [1.54, 1.807) is 6.07 Å². The number of nitrogens with one attached hydrogen (secondary N) is 1. The molecule has 0 radical (unpaired) electrons. The largest absolute Gasteiger partial charge is 0.367 e. The minimum atomic E-state index is -0.414. The number of anilines is 1. The van der Waals surface area contributed by atoms with Crippen LogP contribution < -0.4 is 5.32 Å². The fourth-order valence-electron chi connectivity index (χ4n) is 1.79. The highest BCUT2D eigenvalue weighted by Gasteiger charge is 2.35. The van der Waals surface area contributed by atoms with Crippen molar-refractivity contribution in [2.24, 2.45) is 5.92 Å². The lowest BCUT2D eigenvalue weighted by Crippen LogP contribution is -2.06. The molecule has 1 aliphatic rings. The summed E-state index contributed by atoms with van der Waals surface area (Å²) in [5, 5.41) is 3.24. The van der Waals surface area contributed by atoms with Crippen LogP contribution in [0.25, 0.3) is 0 Å². The van der Waals surface area contributed by atoms with Crippen LogP contribution in [0.5, 0.6) is 0 Å². The van der Waals surface area contributed by atoms with Gasteiger partial charge in [-0.25, -0.2) is 4.98 Å². The van der Waals surface area contributed by atoms with E-state index in [2.05, 4.69) is 17.2 Å². The van der Waals surface area contributed by atoms with Gasteiger partial charge in [-0.2, -0.15) is 4.39 Å². The Kier molecular flexibility index (Phi) is 2.66. The predicted molar refractivity (Wildman–Crippen MR) is 54.6 cm³/mol. The van der Waals surface area contributed by atoms with E-state index in [-0.39, 0.29) is 0 Å². The van der Waals surface area contributed by atoms with E-state index in [0.29, 0.717) is 11.9 Å². The van der Waals surface area contributed by atoms with Gasteiger partial charge in [0.25, 0.3) is 0 Å². The molecule has 0 spiro atoms. The quantitative estimate of drug-likeness (QED) is 0.745. The van der Waals surface area contributed by atoms with Crippen LogP contribution in [0, 0.1) is 11.9 Å². The zero-order chi connectivity index (χ0) is 9.97. The van der Waals surface area contributed by atoms with Crippen molar-refractivity contribution in [3.05, 3.63) is 24.1 Å². The number of halogens is 1. The topological polar surface area (TPSA) is 24.9 Å². The van der Waals surface area contributed by atoms with Crippen LogP contribution in [-0.4, -0.2) is 11.0 Å². The lowest BCUT2D eigenvalue weighted by molar-refractivity contribution is 0.584. The average Bonchev–Trinajstić information content (AvgIpc) is 2.84. The highest BCUT2D eigenvalue weighted by atomic mass is 19.1. The number of aromatic nitrogens is 1. The van der Waals surface area contributed by atoms with Crippen LogP contribution in [0.3, 0.4) is 0 Å². The molecule has 2 unspecified atom stereocenters. The summed E-state index contributed by atoms with van der Waals surface area (Å²) in [5.41, 5.74) is 0. The monoisotopic (exact) mass is 194 g/mol. The van der Waals surface area contributed by atoms with Gasteiger partial charge in [0.05, 0.1) is 0 Å². The summed E-state index contributed by atoms with van der Waals surface area (Å²) >= 11 is 0. The van der Waals surface area contributed by atoms with Crippen molar-refractivity contribution < 1.29 is 4.39 Å². The van der Waals surface area contributed by atoms with Crippen molar-refractivity contribution in [3.8, 4) is 0 Å². The summed E-state index contributed by atoms with van der Waals surface area (Å²) in [4.78, 5) is 3.77. The highest BCUT2D eigenvalue weighted by Crippen LogP contribution is 2.36. The van der Waals surface area contributed by atoms with Gasteiger partial charge < -0.3 is 5.32 Å². The Bertz CT molecular complexity index is 314. The van der Waals surface area contributed by atoms with Crippen LogP contribution >= 0.6 is 0 Å². The van der Waals surface area contributed by atoms with Gasteiger partial charge in [0.2, 0.25) is 5.95 Å². The molecule has 0 aliphatic heterocycles. The van der Waals surface area contributed by atoms with Gasteiger partial charge in [0.15, 0.2) is 0 Å². The molecule has 76 valence electrons. The fraction of sp³-hybridized carbons (Fsp3) is 0.545. The van der Waals surface area contributed by atoms with Crippen LogP contribution in [0.2, 0.25) is 0 Å². The highest BCUT2D eigenvalue weighted by molar-refractivity contribution is 5.37. The third kappa shape index (κ3) is 2.22. The molecule has 14 heavy (non-hydrogen) atoms. The second-order valence-corrected chi connectivity index (χ2v) is 3.88. The molecule has 1 heterocycles. The first-order valence-electron chi connectivity index (χ1n) is 5.18. The summed E-state index contributed by atoms with van der Waals surface area (Å²) < 4.78 is 12.7. The Hall–Kier alpha value is -1.12. The van der Waals surface area contributed by atoms with Crippen LogP contribution in [-0.2, 0) is 0 Å². The van der Waals surface area contributed by atoms with Gasteiger partial charge in [0.1, 0.15) is 5.82 Å². The van der Waals surface area contributed by atoms with Crippen molar-refractivity contribution in [2.75, 3.05) is 5.32 Å². The number of hydrogen-bond donors (Lipinski definition) is 1. The molecule has 1 fully saturated rings. The van der Waals surface area contributed by atoms with E-state index in [1.807, 2.05) is 6.07 Å². The van der Waals surface area contributed by atoms with Crippen LogP contribution in [0.4, 0.5) is 10.2 Å². The number of rotatable bonds is 4. The second kappa shape index (κ2) is 3.95. The Balaban J connectivity index is 1.87. The van der Waals surface area contributed by atoms with Crippen molar-refractivity contribution in [3.63, 3.8) is 0 Å².